The lowest BCUT2D eigenvalue weighted by atomic mass is 9.85. The molecule has 0 aliphatic heterocycles. The summed E-state index contributed by atoms with van der Waals surface area (Å²) in [5, 5.41) is 36.1. The number of hydrogen-bond acceptors (Lipinski definition) is 7. The first-order valence-electron chi connectivity index (χ1n) is 9.10. The SMILES string of the molecule is COc1cc(/C=N/NC(=O)C(O)(c2ccccc2)c2ccccc2)cc([N+](=O)[O-])c1O. The first kappa shape index (κ1) is 21.5. The van der Waals surface area contributed by atoms with Crippen molar-refractivity contribution in [2.45, 2.75) is 5.60 Å². The van der Waals surface area contributed by atoms with Crippen molar-refractivity contribution in [2.75, 3.05) is 7.11 Å². The topological polar surface area (TPSA) is 134 Å². The number of aliphatic hydroxyl groups is 1. The first-order chi connectivity index (χ1) is 14.9. The number of ether oxygens (including phenoxy) is 1. The number of aromatic hydroxyl groups is 1. The van der Waals surface area contributed by atoms with Crippen molar-refractivity contribution < 1.29 is 24.7 Å². The Labute approximate surface area is 177 Å². The predicted molar refractivity (Wildman–Crippen MR) is 113 cm³/mol. The van der Waals surface area contributed by atoms with Crippen LogP contribution in [0.3, 0.4) is 0 Å². The van der Waals surface area contributed by atoms with Gasteiger partial charge in [0.15, 0.2) is 11.4 Å². The summed E-state index contributed by atoms with van der Waals surface area (Å²) < 4.78 is 4.93. The van der Waals surface area contributed by atoms with E-state index in [0.29, 0.717) is 11.1 Å². The van der Waals surface area contributed by atoms with Gasteiger partial charge in [-0.3, -0.25) is 14.9 Å². The van der Waals surface area contributed by atoms with Gasteiger partial charge in [-0.15, -0.1) is 0 Å². The van der Waals surface area contributed by atoms with Gasteiger partial charge in [-0.25, -0.2) is 5.43 Å². The van der Waals surface area contributed by atoms with Gasteiger partial charge in [0.2, 0.25) is 5.75 Å². The number of nitro groups is 1. The maximum absolute atomic E-state index is 13.0. The van der Waals surface area contributed by atoms with Crippen LogP contribution >= 0.6 is 0 Å². The van der Waals surface area contributed by atoms with E-state index in [9.17, 15) is 25.1 Å². The number of methoxy groups -OCH3 is 1. The van der Waals surface area contributed by atoms with E-state index >= 15 is 0 Å². The number of nitro benzene ring substituents is 1. The van der Waals surface area contributed by atoms with Gasteiger partial charge in [0.1, 0.15) is 0 Å². The normalized spacial score (nSPS) is 11.3. The monoisotopic (exact) mass is 421 g/mol. The summed E-state index contributed by atoms with van der Waals surface area (Å²) in [4.78, 5) is 23.3. The molecule has 0 heterocycles. The fourth-order valence-corrected chi connectivity index (χ4v) is 3.02. The van der Waals surface area contributed by atoms with Crippen LogP contribution in [-0.2, 0) is 10.4 Å². The van der Waals surface area contributed by atoms with Crippen molar-refractivity contribution in [1.29, 1.82) is 0 Å². The number of nitrogens with zero attached hydrogens (tertiary/aromatic N) is 2. The van der Waals surface area contributed by atoms with Gasteiger partial charge in [0, 0.05) is 11.6 Å². The third-order valence-electron chi connectivity index (χ3n) is 4.59. The van der Waals surface area contributed by atoms with Crippen molar-refractivity contribution in [1.82, 2.24) is 5.43 Å². The van der Waals surface area contributed by atoms with E-state index in [4.69, 9.17) is 4.74 Å². The van der Waals surface area contributed by atoms with E-state index in [0.717, 1.165) is 12.3 Å². The molecule has 0 unspecified atom stereocenters. The third-order valence-corrected chi connectivity index (χ3v) is 4.59. The van der Waals surface area contributed by atoms with Gasteiger partial charge in [0.25, 0.3) is 5.91 Å². The molecule has 1 amide bonds. The molecule has 158 valence electrons. The fourth-order valence-electron chi connectivity index (χ4n) is 3.02. The number of nitrogens with one attached hydrogen (secondary N) is 1. The van der Waals surface area contributed by atoms with E-state index in [1.165, 1.54) is 13.2 Å². The number of hydrazone groups is 1. The summed E-state index contributed by atoms with van der Waals surface area (Å²) in [6.45, 7) is 0. The standard InChI is InChI=1S/C22H19N3O6/c1-31-19-13-15(12-18(20(19)26)25(29)30)14-23-24-21(27)22(28,16-8-4-2-5-9-16)17-10-6-3-7-11-17/h2-14,26,28H,1H3,(H,24,27)/b23-14+. The molecule has 31 heavy (non-hydrogen) atoms. The summed E-state index contributed by atoms with van der Waals surface area (Å²) in [6.07, 6.45) is 1.14. The zero-order chi connectivity index (χ0) is 22.4. The molecule has 0 aromatic heterocycles. The zero-order valence-electron chi connectivity index (χ0n) is 16.4. The minimum Gasteiger partial charge on any atom is -0.500 e. The molecule has 3 rings (SSSR count). The molecule has 0 radical (unpaired) electrons. The molecule has 0 spiro atoms. The largest absolute Gasteiger partial charge is 0.500 e. The minimum absolute atomic E-state index is 0.118. The number of rotatable bonds is 7. The molecular formula is C22H19N3O6. The lowest BCUT2D eigenvalue weighted by Gasteiger charge is -2.27. The Balaban J connectivity index is 1.91. The first-order valence-corrected chi connectivity index (χ1v) is 9.10. The Kier molecular flexibility index (Phi) is 6.27. The number of amides is 1. The molecular weight excluding hydrogens is 402 g/mol. The number of hydrogen-bond donors (Lipinski definition) is 3. The maximum Gasteiger partial charge on any atom is 0.315 e. The number of carbonyl (C=O) groups is 1. The second-order valence-electron chi connectivity index (χ2n) is 6.49. The van der Waals surface area contributed by atoms with Crippen LogP contribution in [0.4, 0.5) is 5.69 Å². The molecule has 0 bridgehead atoms. The molecule has 0 aliphatic carbocycles. The zero-order valence-corrected chi connectivity index (χ0v) is 16.4. The molecule has 0 saturated carbocycles. The molecule has 9 heteroatoms. The highest BCUT2D eigenvalue weighted by Crippen LogP contribution is 2.36. The number of phenolic OH excluding ortho intramolecular Hbond substituents is 1. The van der Waals surface area contributed by atoms with Crippen LogP contribution in [0.1, 0.15) is 16.7 Å². The lowest BCUT2D eigenvalue weighted by Crippen LogP contribution is -2.43. The van der Waals surface area contributed by atoms with Crippen LogP contribution in [0.15, 0.2) is 77.9 Å². The summed E-state index contributed by atoms with van der Waals surface area (Å²) in [5.74, 6) is -1.55. The fraction of sp³-hybridized carbons (Fsp3) is 0.0909. The average Bonchev–Trinajstić information content (AvgIpc) is 2.80. The Morgan fingerprint density at radius 3 is 2.13 bits per heavy atom. The van der Waals surface area contributed by atoms with Crippen LogP contribution < -0.4 is 10.2 Å². The second kappa shape index (κ2) is 9.06. The quantitative estimate of drug-likeness (QED) is 0.305. The summed E-state index contributed by atoms with van der Waals surface area (Å²) >= 11 is 0. The molecule has 3 aromatic rings. The van der Waals surface area contributed by atoms with Gasteiger partial charge in [-0.2, -0.15) is 5.10 Å². The van der Waals surface area contributed by atoms with Crippen LogP contribution in [0, 0.1) is 10.1 Å². The van der Waals surface area contributed by atoms with Crippen molar-refractivity contribution >= 4 is 17.8 Å². The van der Waals surface area contributed by atoms with Crippen molar-refractivity contribution in [2.24, 2.45) is 5.10 Å². The van der Waals surface area contributed by atoms with Crippen LogP contribution in [0.25, 0.3) is 0 Å². The van der Waals surface area contributed by atoms with Crippen LogP contribution in [0.2, 0.25) is 0 Å². The molecule has 3 N–H and O–H groups in total. The molecule has 9 nitrogen and oxygen atoms in total. The number of carbonyl (C=O) groups excluding carboxylic acids is 1. The second-order valence-corrected chi connectivity index (χ2v) is 6.49. The van der Waals surface area contributed by atoms with E-state index in [1.54, 1.807) is 60.7 Å². The Bertz CT molecular complexity index is 1080. The minimum atomic E-state index is -2.02. The van der Waals surface area contributed by atoms with Crippen molar-refractivity contribution in [3.8, 4) is 11.5 Å². The van der Waals surface area contributed by atoms with Gasteiger partial charge < -0.3 is 14.9 Å². The number of phenols is 1. The van der Waals surface area contributed by atoms with E-state index < -0.39 is 27.9 Å². The average molecular weight is 421 g/mol. The molecule has 3 aromatic carbocycles. The predicted octanol–water partition coefficient (Wildman–Crippen LogP) is 2.70. The van der Waals surface area contributed by atoms with E-state index in [2.05, 4.69) is 10.5 Å². The highest BCUT2D eigenvalue weighted by atomic mass is 16.6. The van der Waals surface area contributed by atoms with E-state index in [1.807, 2.05) is 0 Å². The summed E-state index contributed by atoms with van der Waals surface area (Å²) in [7, 11) is 1.25. The molecule has 0 saturated heterocycles. The Morgan fingerprint density at radius 1 is 1.10 bits per heavy atom. The highest BCUT2D eigenvalue weighted by Gasteiger charge is 2.39. The highest BCUT2D eigenvalue weighted by molar-refractivity contribution is 5.91. The van der Waals surface area contributed by atoms with Gasteiger partial charge in [0.05, 0.1) is 18.2 Å². The Hall–Kier alpha value is -4.24. The van der Waals surface area contributed by atoms with Crippen molar-refractivity contribution in [3.63, 3.8) is 0 Å². The summed E-state index contributed by atoms with van der Waals surface area (Å²) in [5.41, 5.74) is 0.575. The van der Waals surface area contributed by atoms with Gasteiger partial charge in [-0.05, 0) is 17.2 Å². The smallest absolute Gasteiger partial charge is 0.315 e. The lowest BCUT2D eigenvalue weighted by molar-refractivity contribution is -0.386. The van der Waals surface area contributed by atoms with Crippen LogP contribution in [-0.4, -0.2) is 34.4 Å². The summed E-state index contributed by atoms with van der Waals surface area (Å²) in [6, 6.07) is 19.2. The van der Waals surface area contributed by atoms with Crippen molar-refractivity contribution in [3.05, 3.63) is 99.6 Å². The number of benzene rings is 3. The van der Waals surface area contributed by atoms with Gasteiger partial charge >= 0.3 is 5.69 Å². The third kappa shape index (κ3) is 4.36. The molecule has 0 aliphatic rings. The molecule has 0 atom stereocenters. The Morgan fingerprint density at radius 2 is 1.65 bits per heavy atom. The van der Waals surface area contributed by atoms with Gasteiger partial charge in [-0.1, -0.05) is 60.7 Å². The molecule has 0 fully saturated rings. The van der Waals surface area contributed by atoms with E-state index in [-0.39, 0.29) is 11.3 Å². The maximum atomic E-state index is 13.0. The van der Waals surface area contributed by atoms with Crippen LogP contribution in [0.5, 0.6) is 11.5 Å².